The lowest BCUT2D eigenvalue weighted by atomic mass is 10.0. The number of likely N-dealkylation sites (tertiary alicyclic amines) is 2. The van der Waals surface area contributed by atoms with Gasteiger partial charge in [-0.1, -0.05) is 18.2 Å². The number of aliphatic hydroxyl groups is 1. The van der Waals surface area contributed by atoms with Crippen molar-refractivity contribution in [2.75, 3.05) is 26.2 Å². The topological polar surface area (TPSA) is 65.0 Å². The summed E-state index contributed by atoms with van der Waals surface area (Å²) in [6, 6.07) is 6.83. The number of carbonyl (C=O) groups excluding carboxylic acids is 1. The highest BCUT2D eigenvalue weighted by Gasteiger charge is 2.36. The summed E-state index contributed by atoms with van der Waals surface area (Å²) in [5.74, 6) is -0.168. The van der Waals surface area contributed by atoms with Crippen LogP contribution in [0.4, 0.5) is 9.18 Å². The predicted octanol–water partition coefficient (Wildman–Crippen LogP) is 1.97. The van der Waals surface area contributed by atoms with Crippen molar-refractivity contribution in [2.24, 2.45) is 0 Å². The fourth-order valence-corrected chi connectivity index (χ4v) is 3.77. The molecule has 2 saturated heterocycles. The highest BCUT2D eigenvalue weighted by molar-refractivity contribution is 5.75. The lowest BCUT2D eigenvalue weighted by molar-refractivity contribution is -0.0393. The standard InChI is InChI=1S/C20H30FN3O3/c1-14(2)27-19-13-24(12-18(19)25)20(26)22-16-7-9-23(10-8-16)11-15-5-3-4-6-17(15)21/h3-6,14,16,18-19,25H,7-13H2,1-2H3,(H,22,26)/t18-,19-/m0/s1. The summed E-state index contributed by atoms with van der Waals surface area (Å²) in [5.41, 5.74) is 0.710. The van der Waals surface area contributed by atoms with Crippen molar-refractivity contribution in [3.8, 4) is 0 Å². The Hall–Kier alpha value is -1.70. The number of halogens is 1. The maximum absolute atomic E-state index is 13.8. The molecule has 2 aliphatic heterocycles. The van der Waals surface area contributed by atoms with Crippen LogP contribution >= 0.6 is 0 Å². The fourth-order valence-electron chi connectivity index (χ4n) is 3.77. The van der Waals surface area contributed by atoms with Gasteiger partial charge in [-0.3, -0.25) is 4.90 Å². The van der Waals surface area contributed by atoms with Crippen LogP contribution in [0.5, 0.6) is 0 Å². The molecule has 3 rings (SSSR count). The van der Waals surface area contributed by atoms with Gasteiger partial charge < -0.3 is 20.1 Å². The average Bonchev–Trinajstić information content (AvgIpc) is 2.99. The Morgan fingerprint density at radius 3 is 2.67 bits per heavy atom. The second kappa shape index (κ2) is 8.99. The molecule has 150 valence electrons. The van der Waals surface area contributed by atoms with Crippen molar-refractivity contribution in [3.05, 3.63) is 35.6 Å². The smallest absolute Gasteiger partial charge is 0.317 e. The first-order valence-electron chi connectivity index (χ1n) is 9.77. The number of ether oxygens (including phenoxy) is 1. The van der Waals surface area contributed by atoms with E-state index >= 15 is 0 Å². The third kappa shape index (κ3) is 5.40. The number of amides is 2. The third-order valence-corrected chi connectivity index (χ3v) is 5.24. The van der Waals surface area contributed by atoms with Gasteiger partial charge in [0.2, 0.25) is 0 Å². The van der Waals surface area contributed by atoms with E-state index in [0.717, 1.165) is 25.9 Å². The molecule has 0 spiro atoms. The molecule has 0 aliphatic carbocycles. The van der Waals surface area contributed by atoms with Crippen molar-refractivity contribution in [2.45, 2.75) is 57.6 Å². The summed E-state index contributed by atoms with van der Waals surface area (Å²) in [6.07, 6.45) is 0.732. The van der Waals surface area contributed by atoms with Gasteiger partial charge in [0.15, 0.2) is 0 Å². The van der Waals surface area contributed by atoms with Crippen molar-refractivity contribution in [1.82, 2.24) is 15.1 Å². The first kappa shape index (κ1) is 20.0. The molecule has 27 heavy (non-hydrogen) atoms. The van der Waals surface area contributed by atoms with Gasteiger partial charge in [0, 0.05) is 31.2 Å². The van der Waals surface area contributed by atoms with E-state index in [2.05, 4.69) is 10.2 Å². The lowest BCUT2D eigenvalue weighted by Crippen LogP contribution is -2.48. The van der Waals surface area contributed by atoms with Crippen LogP contribution in [0, 0.1) is 5.82 Å². The summed E-state index contributed by atoms with van der Waals surface area (Å²) >= 11 is 0. The second-order valence-corrected chi connectivity index (χ2v) is 7.79. The molecule has 0 radical (unpaired) electrons. The largest absolute Gasteiger partial charge is 0.388 e. The first-order chi connectivity index (χ1) is 12.9. The van der Waals surface area contributed by atoms with Crippen molar-refractivity contribution in [3.63, 3.8) is 0 Å². The number of hydrogen-bond donors (Lipinski definition) is 2. The SMILES string of the molecule is CC(C)O[C@H]1CN(C(=O)NC2CCN(Cc3ccccc3F)CC2)C[C@@H]1O. The monoisotopic (exact) mass is 379 g/mol. The van der Waals surface area contributed by atoms with Gasteiger partial charge in [0.25, 0.3) is 0 Å². The molecule has 6 nitrogen and oxygen atoms in total. The molecule has 2 N–H and O–H groups in total. The molecule has 7 heteroatoms. The van der Waals surface area contributed by atoms with Gasteiger partial charge >= 0.3 is 6.03 Å². The van der Waals surface area contributed by atoms with Crippen LogP contribution in [0.15, 0.2) is 24.3 Å². The second-order valence-electron chi connectivity index (χ2n) is 7.79. The minimum atomic E-state index is -0.638. The number of hydrogen-bond acceptors (Lipinski definition) is 4. The maximum atomic E-state index is 13.8. The molecule has 2 heterocycles. The zero-order valence-corrected chi connectivity index (χ0v) is 16.1. The Balaban J connectivity index is 1.43. The number of piperidine rings is 1. The summed E-state index contributed by atoms with van der Waals surface area (Å²) in [4.78, 5) is 16.3. The predicted molar refractivity (Wildman–Crippen MR) is 101 cm³/mol. The molecule has 2 atom stereocenters. The molecule has 0 saturated carbocycles. The van der Waals surface area contributed by atoms with E-state index in [1.54, 1.807) is 11.0 Å². The number of β-amino-alcohol motifs (C(OH)–C–C–N with tert-alkyl or cyclic N) is 1. The summed E-state index contributed by atoms with van der Waals surface area (Å²) in [5, 5.41) is 13.1. The summed E-state index contributed by atoms with van der Waals surface area (Å²) in [6.45, 7) is 6.80. The minimum Gasteiger partial charge on any atom is -0.388 e. The Bertz CT molecular complexity index is 635. The fraction of sp³-hybridized carbons (Fsp3) is 0.650. The van der Waals surface area contributed by atoms with Gasteiger partial charge in [-0.15, -0.1) is 0 Å². The number of aliphatic hydroxyl groups excluding tert-OH is 1. The van der Waals surface area contributed by atoms with E-state index < -0.39 is 6.10 Å². The molecule has 0 unspecified atom stereocenters. The Morgan fingerprint density at radius 2 is 2.00 bits per heavy atom. The van der Waals surface area contributed by atoms with Gasteiger partial charge in [-0.2, -0.15) is 0 Å². The van der Waals surface area contributed by atoms with E-state index in [1.807, 2.05) is 26.0 Å². The normalized spacial score (nSPS) is 24.6. The minimum absolute atomic E-state index is 0.0199. The molecular formula is C20H30FN3O3. The number of nitrogens with zero attached hydrogens (tertiary/aromatic N) is 2. The van der Waals surface area contributed by atoms with E-state index in [0.29, 0.717) is 25.2 Å². The molecule has 2 aliphatic rings. The van der Waals surface area contributed by atoms with Crippen LogP contribution in [-0.2, 0) is 11.3 Å². The van der Waals surface area contributed by atoms with Crippen LogP contribution in [0.3, 0.4) is 0 Å². The quantitative estimate of drug-likeness (QED) is 0.821. The highest BCUT2D eigenvalue weighted by Crippen LogP contribution is 2.18. The number of carbonyl (C=O) groups is 1. The van der Waals surface area contributed by atoms with Gasteiger partial charge in [0.05, 0.1) is 25.3 Å². The zero-order valence-electron chi connectivity index (χ0n) is 16.1. The molecule has 1 aromatic carbocycles. The number of urea groups is 1. The molecule has 2 amide bonds. The van der Waals surface area contributed by atoms with Gasteiger partial charge in [0.1, 0.15) is 11.9 Å². The Labute approximate surface area is 160 Å². The average molecular weight is 379 g/mol. The summed E-state index contributed by atoms with van der Waals surface area (Å²) in [7, 11) is 0. The van der Waals surface area contributed by atoms with Crippen LogP contribution in [0.25, 0.3) is 0 Å². The first-order valence-corrected chi connectivity index (χ1v) is 9.77. The number of benzene rings is 1. The molecule has 0 bridgehead atoms. The van der Waals surface area contributed by atoms with Crippen molar-refractivity contribution < 1.29 is 19.0 Å². The number of nitrogens with one attached hydrogen (secondary N) is 1. The van der Waals surface area contributed by atoms with Crippen LogP contribution < -0.4 is 5.32 Å². The highest BCUT2D eigenvalue weighted by atomic mass is 19.1. The van der Waals surface area contributed by atoms with Crippen molar-refractivity contribution >= 4 is 6.03 Å². The molecule has 1 aromatic rings. The molecular weight excluding hydrogens is 349 g/mol. The number of rotatable bonds is 5. The Morgan fingerprint density at radius 1 is 1.30 bits per heavy atom. The van der Waals surface area contributed by atoms with Crippen LogP contribution in [0.1, 0.15) is 32.3 Å². The lowest BCUT2D eigenvalue weighted by Gasteiger charge is -2.33. The van der Waals surface area contributed by atoms with E-state index in [4.69, 9.17) is 4.74 Å². The molecule has 2 fully saturated rings. The van der Waals surface area contributed by atoms with Crippen LogP contribution in [-0.4, -0.2) is 71.5 Å². The van der Waals surface area contributed by atoms with E-state index in [-0.39, 0.29) is 30.1 Å². The van der Waals surface area contributed by atoms with Gasteiger partial charge in [-0.05, 0) is 32.8 Å². The third-order valence-electron chi connectivity index (χ3n) is 5.24. The Kier molecular flexibility index (Phi) is 6.68. The maximum Gasteiger partial charge on any atom is 0.317 e. The summed E-state index contributed by atoms with van der Waals surface area (Å²) < 4.78 is 19.5. The van der Waals surface area contributed by atoms with E-state index in [1.165, 1.54) is 6.07 Å². The van der Waals surface area contributed by atoms with Crippen LogP contribution in [0.2, 0.25) is 0 Å². The van der Waals surface area contributed by atoms with Crippen molar-refractivity contribution in [1.29, 1.82) is 0 Å². The van der Waals surface area contributed by atoms with Gasteiger partial charge in [-0.25, -0.2) is 9.18 Å². The zero-order chi connectivity index (χ0) is 19.4. The molecule has 0 aromatic heterocycles. The van der Waals surface area contributed by atoms with E-state index in [9.17, 15) is 14.3 Å².